The molecule has 0 spiro atoms. The van der Waals surface area contributed by atoms with Gasteiger partial charge in [-0.3, -0.25) is 0 Å². The van der Waals surface area contributed by atoms with Crippen LogP contribution in [0.1, 0.15) is 25.5 Å². The van der Waals surface area contributed by atoms with Crippen molar-refractivity contribution in [1.82, 2.24) is 4.72 Å². The maximum Gasteiger partial charge on any atom is 0.241 e. The van der Waals surface area contributed by atoms with E-state index in [-0.39, 0.29) is 10.9 Å². The fourth-order valence-electron chi connectivity index (χ4n) is 2.00. The summed E-state index contributed by atoms with van der Waals surface area (Å²) < 4.78 is 32.7. The van der Waals surface area contributed by atoms with Crippen LogP contribution < -0.4 is 9.46 Å². The highest BCUT2D eigenvalue weighted by molar-refractivity contribution is 7.89. The van der Waals surface area contributed by atoms with Gasteiger partial charge in [0.05, 0.1) is 11.5 Å². The minimum atomic E-state index is -3.59. The molecular formula is C16H18ClNO3S. The highest BCUT2D eigenvalue weighted by atomic mass is 35.5. The zero-order valence-electron chi connectivity index (χ0n) is 12.4. The van der Waals surface area contributed by atoms with Crippen LogP contribution in [0, 0.1) is 0 Å². The van der Waals surface area contributed by atoms with Crippen LogP contribution in [0.15, 0.2) is 53.4 Å². The van der Waals surface area contributed by atoms with Gasteiger partial charge in [0, 0.05) is 11.1 Å². The minimum Gasteiger partial charge on any atom is -0.494 e. The molecule has 1 N–H and O–H groups in total. The minimum absolute atomic E-state index is 0.205. The van der Waals surface area contributed by atoms with Crippen molar-refractivity contribution in [3.63, 3.8) is 0 Å². The number of rotatable bonds is 6. The zero-order chi connectivity index (χ0) is 16.2. The molecule has 4 nitrogen and oxygen atoms in total. The van der Waals surface area contributed by atoms with Crippen molar-refractivity contribution in [2.24, 2.45) is 0 Å². The number of benzene rings is 2. The summed E-state index contributed by atoms with van der Waals surface area (Å²) in [6.07, 6.45) is 0. The Labute approximate surface area is 136 Å². The average Bonchev–Trinajstić information content (AvgIpc) is 2.48. The van der Waals surface area contributed by atoms with E-state index in [2.05, 4.69) is 4.72 Å². The van der Waals surface area contributed by atoms with E-state index in [0.717, 1.165) is 5.56 Å². The first kappa shape index (κ1) is 16.8. The molecule has 0 saturated heterocycles. The maximum absolute atomic E-state index is 12.4. The molecule has 6 heteroatoms. The fraction of sp³-hybridized carbons (Fsp3) is 0.250. The van der Waals surface area contributed by atoms with Gasteiger partial charge in [0.1, 0.15) is 5.75 Å². The van der Waals surface area contributed by atoms with Crippen LogP contribution in [-0.2, 0) is 10.0 Å². The molecular weight excluding hydrogens is 322 g/mol. The Hall–Kier alpha value is -1.56. The average molecular weight is 340 g/mol. The second-order valence-corrected chi connectivity index (χ2v) is 6.95. The molecule has 2 aromatic carbocycles. The number of sulfonamides is 1. The van der Waals surface area contributed by atoms with Crippen molar-refractivity contribution in [3.05, 3.63) is 59.1 Å². The Kier molecular flexibility index (Phi) is 5.45. The van der Waals surface area contributed by atoms with E-state index in [1.165, 1.54) is 12.1 Å². The molecule has 22 heavy (non-hydrogen) atoms. The molecule has 0 aliphatic rings. The lowest BCUT2D eigenvalue weighted by atomic mass is 10.1. The topological polar surface area (TPSA) is 55.4 Å². The lowest BCUT2D eigenvalue weighted by Crippen LogP contribution is -2.26. The molecule has 0 heterocycles. The SMILES string of the molecule is CCOc1ccc(S(=O)(=O)N[C@@H](C)c2ccc(Cl)cc2)cc1. The van der Waals surface area contributed by atoms with Crippen LogP contribution in [0.4, 0.5) is 0 Å². The maximum atomic E-state index is 12.4. The first-order chi connectivity index (χ1) is 10.4. The van der Waals surface area contributed by atoms with Gasteiger partial charge in [0.2, 0.25) is 10.0 Å². The normalized spacial score (nSPS) is 12.9. The van der Waals surface area contributed by atoms with Crippen molar-refractivity contribution in [2.45, 2.75) is 24.8 Å². The molecule has 2 aromatic rings. The third-order valence-electron chi connectivity index (χ3n) is 3.15. The molecule has 2 rings (SSSR count). The standard InChI is InChI=1S/C16H18ClNO3S/c1-3-21-15-8-10-16(11-9-15)22(19,20)18-12(2)13-4-6-14(17)7-5-13/h4-12,18H,3H2,1-2H3/t12-/m0/s1. The van der Waals surface area contributed by atoms with Gasteiger partial charge in [-0.05, 0) is 55.8 Å². The monoisotopic (exact) mass is 339 g/mol. The highest BCUT2D eigenvalue weighted by Gasteiger charge is 2.18. The summed E-state index contributed by atoms with van der Waals surface area (Å²) in [7, 11) is -3.59. The van der Waals surface area contributed by atoms with Gasteiger partial charge in [0.25, 0.3) is 0 Å². The van der Waals surface area contributed by atoms with Gasteiger partial charge in [-0.25, -0.2) is 13.1 Å². The van der Waals surface area contributed by atoms with E-state index < -0.39 is 10.0 Å². The summed E-state index contributed by atoms with van der Waals surface area (Å²) in [6.45, 7) is 4.20. The first-order valence-corrected chi connectivity index (χ1v) is 8.79. The van der Waals surface area contributed by atoms with Crippen molar-refractivity contribution in [1.29, 1.82) is 0 Å². The number of hydrogen-bond donors (Lipinski definition) is 1. The van der Waals surface area contributed by atoms with Crippen LogP contribution in [0.3, 0.4) is 0 Å². The van der Waals surface area contributed by atoms with Crippen LogP contribution in [-0.4, -0.2) is 15.0 Å². The molecule has 0 saturated carbocycles. The van der Waals surface area contributed by atoms with Crippen molar-refractivity contribution in [2.75, 3.05) is 6.61 Å². The van der Waals surface area contributed by atoms with Gasteiger partial charge in [0.15, 0.2) is 0 Å². The lowest BCUT2D eigenvalue weighted by Gasteiger charge is -2.15. The molecule has 118 valence electrons. The molecule has 1 atom stereocenters. The molecule has 0 aliphatic carbocycles. The van der Waals surface area contributed by atoms with Crippen LogP contribution in [0.5, 0.6) is 5.75 Å². The number of halogens is 1. The van der Waals surface area contributed by atoms with Gasteiger partial charge >= 0.3 is 0 Å². The first-order valence-electron chi connectivity index (χ1n) is 6.93. The molecule has 0 aliphatic heterocycles. The van der Waals surface area contributed by atoms with E-state index in [1.807, 2.05) is 6.92 Å². The Balaban J connectivity index is 2.14. The second kappa shape index (κ2) is 7.13. The molecule has 0 bridgehead atoms. The summed E-state index contributed by atoms with van der Waals surface area (Å²) >= 11 is 5.84. The van der Waals surface area contributed by atoms with E-state index in [4.69, 9.17) is 16.3 Å². The molecule has 0 aromatic heterocycles. The van der Waals surface area contributed by atoms with Gasteiger partial charge in [-0.2, -0.15) is 0 Å². The van der Waals surface area contributed by atoms with E-state index in [1.54, 1.807) is 43.3 Å². The van der Waals surface area contributed by atoms with Crippen molar-refractivity contribution < 1.29 is 13.2 Å². The third kappa shape index (κ3) is 4.22. The largest absolute Gasteiger partial charge is 0.494 e. The predicted molar refractivity (Wildman–Crippen MR) is 87.8 cm³/mol. The number of hydrogen-bond acceptors (Lipinski definition) is 3. The Morgan fingerprint density at radius 2 is 1.68 bits per heavy atom. The molecule has 0 radical (unpaired) electrons. The van der Waals surface area contributed by atoms with E-state index >= 15 is 0 Å². The Bertz CT molecular complexity index is 712. The summed E-state index contributed by atoms with van der Waals surface area (Å²) in [5.74, 6) is 0.646. The summed E-state index contributed by atoms with van der Waals surface area (Å²) in [5.41, 5.74) is 0.846. The van der Waals surface area contributed by atoms with E-state index in [0.29, 0.717) is 17.4 Å². The van der Waals surface area contributed by atoms with Gasteiger partial charge in [-0.15, -0.1) is 0 Å². The Morgan fingerprint density at radius 3 is 2.23 bits per heavy atom. The van der Waals surface area contributed by atoms with Crippen molar-refractivity contribution >= 4 is 21.6 Å². The molecule has 0 unspecified atom stereocenters. The fourth-order valence-corrected chi connectivity index (χ4v) is 3.36. The summed E-state index contributed by atoms with van der Waals surface area (Å²) in [6, 6.07) is 13.1. The van der Waals surface area contributed by atoms with Crippen LogP contribution in [0.25, 0.3) is 0 Å². The lowest BCUT2D eigenvalue weighted by molar-refractivity contribution is 0.340. The zero-order valence-corrected chi connectivity index (χ0v) is 14.0. The summed E-state index contributed by atoms with van der Waals surface area (Å²) in [5, 5.41) is 0.616. The second-order valence-electron chi connectivity index (χ2n) is 4.80. The van der Waals surface area contributed by atoms with Gasteiger partial charge in [-0.1, -0.05) is 23.7 Å². The van der Waals surface area contributed by atoms with Crippen LogP contribution in [0.2, 0.25) is 5.02 Å². The quantitative estimate of drug-likeness (QED) is 0.871. The molecule has 0 amide bonds. The number of nitrogens with one attached hydrogen (secondary N) is 1. The Morgan fingerprint density at radius 1 is 1.09 bits per heavy atom. The van der Waals surface area contributed by atoms with E-state index in [9.17, 15) is 8.42 Å². The smallest absolute Gasteiger partial charge is 0.241 e. The van der Waals surface area contributed by atoms with Crippen LogP contribution >= 0.6 is 11.6 Å². The molecule has 0 fully saturated rings. The van der Waals surface area contributed by atoms with Gasteiger partial charge < -0.3 is 4.74 Å². The third-order valence-corrected chi connectivity index (χ3v) is 4.96. The summed E-state index contributed by atoms with van der Waals surface area (Å²) in [4.78, 5) is 0.205. The van der Waals surface area contributed by atoms with Crippen molar-refractivity contribution in [3.8, 4) is 5.75 Å². The predicted octanol–water partition coefficient (Wildman–Crippen LogP) is 3.78. The number of ether oxygens (including phenoxy) is 1. The highest BCUT2D eigenvalue weighted by Crippen LogP contribution is 2.20.